The van der Waals surface area contributed by atoms with Crippen molar-refractivity contribution in [3.63, 3.8) is 0 Å². The van der Waals surface area contributed by atoms with Crippen LogP contribution < -0.4 is 10.6 Å². The molecule has 2 amide bonds. The SMILES string of the molecule is O=C(C=Cc1ccc(Cl)cc1)NCc1cccc(CNC(=O)C=Cc2ccc(Cl)cc2)c1. The van der Waals surface area contributed by atoms with Crippen molar-refractivity contribution >= 4 is 47.2 Å². The average molecular weight is 465 g/mol. The van der Waals surface area contributed by atoms with Gasteiger partial charge in [-0.2, -0.15) is 0 Å². The fraction of sp³-hybridized carbons (Fsp3) is 0.0769. The third kappa shape index (κ3) is 8.06. The second-order valence-corrected chi connectivity index (χ2v) is 7.90. The molecule has 3 aromatic rings. The molecule has 3 aromatic carbocycles. The lowest BCUT2D eigenvalue weighted by Gasteiger charge is -2.07. The van der Waals surface area contributed by atoms with Gasteiger partial charge in [-0.15, -0.1) is 0 Å². The van der Waals surface area contributed by atoms with E-state index in [9.17, 15) is 9.59 Å². The predicted octanol–water partition coefficient (Wildman–Crippen LogP) is 5.65. The highest BCUT2D eigenvalue weighted by atomic mass is 35.5. The highest BCUT2D eigenvalue weighted by Gasteiger charge is 2.01. The van der Waals surface area contributed by atoms with Crippen molar-refractivity contribution in [3.05, 3.63) is 117 Å². The van der Waals surface area contributed by atoms with Gasteiger partial charge in [-0.1, -0.05) is 71.7 Å². The Morgan fingerprint density at radius 1 is 0.656 bits per heavy atom. The minimum absolute atomic E-state index is 0.189. The lowest BCUT2D eigenvalue weighted by Crippen LogP contribution is -2.21. The van der Waals surface area contributed by atoms with E-state index >= 15 is 0 Å². The van der Waals surface area contributed by atoms with Crippen LogP contribution in [0.5, 0.6) is 0 Å². The molecule has 0 heterocycles. The van der Waals surface area contributed by atoms with Crippen LogP contribution >= 0.6 is 23.2 Å². The molecule has 0 saturated carbocycles. The van der Waals surface area contributed by atoms with E-state index in [0.717, 1.165) is 22.3 Å². The first-order chi connectivity index (χ1) is 15.5. The molecule has 32 heavy (non-hydrogen) atoms. The Morgan fingerprint density at radius 3 is 1.47 bits per heavy atom. The number of hydrogen-bond donors (Lipinski definition) is 2. The van der Waals surface area contributed by atoms with Gasteiger partial charge in [-0.3, -0.25) is 9.59 Å². The van der Waals surface area contributed by atoms with Crippen LogP contribution in [0.3, 0.4) is 0 Å². The first-order valence-electron chi connectivity index (χ1n) is 9.99. The number of halogens is 2. The Labute approximate surface area is 197 Å². The van der Waals surface area contributed by atoms with Crippen LogP contribution in [0.15, 0.2) is 84.9 Å². The first-order valence-corrected chi connectivity index (χ1v) is 10.7. The standard InChI is InChI=1S/C26H22Cl2N2O2/c27-23-10-4-19(5-11-23)8-14-25(31)29-17-21-2-1-3-22(16-21)18-30-26(32)15-9-20-6-12-24(28)13-7-20/h1-16H,17-18H2,(H,29,31)(H,30,32). The molecule has 0 bridgehead atoms. The number of benzene rings is 3. The van der Waals surface area contributed by atoms with E-state index in [4.69, 9.17) is 23.2 Å². The highest BCUT2D eigenvalue weighted by molar-refractivity contribution is 6.30. The van der Waals surface area contributed by atoms with Crippen molar-refractivity contribution in [2.45, 2.75) is 13.1 Å². The third-order valence-electron chi connectivity index (χ3n) is 4.52. The maximum atomic E-state index is 12.1. The molecule has 0 spiro atoms. The van der Waals surface area contributed by atoms with Gasteiger partial charge < -0.3 is 10.6 Å². The molecule has 0 aromatic heterocycles. The molecular formula is C26H22Cl2N2O2. The maximum absolute atomic E-state index is 12.1. The largest absolute Gasteiger partial charge is 0.348 e. The van der Waals surface area contributed by atoms with Crippen molar-refractivity contribution in [1.82, 2.24) is 10.6 Å². The van der Waals surface area contributed by atoms with Crippen LogP contribution in [-0.4, -0.2) is 11.8 Å². The minimum Gasteiger partial charge on any atom is -0.348 e. The normalized spacial score (nSPS) is 11.1. The highest BCUT2D eigenvalue weighted by Crippen LogP contribution is 2.11. The van der Waals surface area contributed by atoms with Crippen LogP contribution in [0.2, 0.25) is 10.0 Å². The Bertz CT molecular complexity index is 1030. The molecule has 0 saturated heterocycles. The van der Waals surface area contributed by atoms with E-state index in [1.807, 2.05) is 48.5 Å². The van der Waals surface area contributed by atoms with Crippen molar-refractivity contribution < 1.29 is 9.59 Å². The molecule has 0 radical (unpaired) electrons. The monoisotopic (exact) mass is 464 g/mol. The lowest BCUT2D eigenvalue weighted by molar-refractivity contribution is -0.117. The molecule has 162 valence electrons. The molecule has 6 heteroatoms. The summed E-state index contributed by atoms with van der Waals surface area (Å²) in [6, 6.07) is 22.2. The molecule has 0 fully saturated rings. The van der Waals surface area contributed by atoms with Crippen molar-refractivity contribution in [3.8, 4) is 0 Å². The van der Waals surface area contributed by atoms with E-state index < -0.39 is 0 Å². The zero-order chi connectivity index (χ0) is 22.8. The van der Waals surface area contributed by atoms with Crippen LogP contribution in [0, 0.1) is 0 Å². The van der Waals surface area contributed by atoms with E-state index in [-0.39, 0.29) is 11.8 Å². The van der Waals surface area contributed by atoms with Crippen LogP contribution in [-0.2, 0) is 22.7 Å². The quantitative estimate of drug-likeness (QED) is 0.423. The molecule has 0 unspecified atom stereocenters. The summed E-state index contributed by atoms with van der Waals surface area (Å²) in [4.78, 5) is 24.1. The van der Waals surface area contributed by atoms with Crippen LogP contribution in [0.1, 0.15) is 22.3 Å². The van der Waals surface area contributed by atoms with Gasteiger partial charge in [0.1, 0.15) is 0 Å². The zero-order valence-electron chi connectivity index (χ0n) is 17.2. The number of hydrogen-bond acceptors (Lipinski definition) is 2. The second-order valence-electron chi connectivity index (χ2n) is 7.03. The molecule has 0 atom stereocenters. The topological polar surface area (TPSA) is 58.2 Å². The van der Waals surface area contributed by atoms with E-state index in [1.165, 1.54) is 12.2 Å². The second kappa shape index (κ2) is 11.9. The fourth-order valence-corrected chi connectivity index (χ4v) is 3.09. The lowest BCUT2D eigenvalue weighted by atomic mass is 10.1. The van der Waals surface area contributed by atoms with Gasteiger partial charge in [0, 0.05) is 35.3 Å². The number of carbonyl (C=O) groups excluding carboxylic acids is 2. The molecular weight excluding hydrogens is 443 g/mol. The van der Waals surface area contributed by atoms with Crippen molar-refractivity contribution in [2.75, 3.05) is 0 Å². The molecule has 3 rings (SSSR count). The minimum atomic E-state index is -0.189. The summed E-state index contributed by atoms with van der Waals surface area (Å²) in [5.74, 6) is -0.378. The molecule has 0 aliphatic rings. The number of amides is 2. The molecule has 0 aliphatic carbocycles. The summed E-state index contributed by atoms with van der Waals surface area (Å²) in [6.45, 7) is 0.782. The summed E-state index contributed by atoms with van der Waals surface area (Å²) < 4.78 is 0. The molecule has 2 N–H and O–H groups in total. The smallest absolute Gasteiger partial charge is 0.244 e. The average Bonchev–Trinajstić information content (AvgIpc) is 2.81. The predicted molar refractivity (Wildman–Crippen MR) is 131 cm³/mol. The Kier molecular flexibility index (Phi) is 8.67. The number of rotatable bonds is 8. The van der Waals surface area contributed by atoms with Crippen LogP contribution in [0.25, 0.3) is 12.2 Å². The van der Waals surface area contributed by atoms with Gasteiger partial charge in [0.25, 0.3) is 0 Å². The van der Waals surface area contributed by atoms with Crippen molar-refractivity contribution in [1.29, 1.82) is 0 Å². The fourth-order valence-electron chi connectivity index (χ4n) is 2.84. The number of nitrogens with one attached hydrogen (secondary N) is 2. The molecule has 4 nitrogen and oxygen atoms in total. The van der Waals surface area contributed by atoms with Gasteiger partial charge >= 0.3 is 0 Å². The van der Waals surface area contributed by atoms with Gasteiger partial charge in [-0.05, 0) is 58.7 Å². The Balaban J connectivity index is 1.46. The van der Waals surface area contributed by atoms with Crippen molar-refractivity contribution in [2.24, 2.45) is 0 Å². The molecule has 0 aliphatic heterocycles. The van der Waals surface area contributed by atoms with Gasteiger partial charge in [0.2, 0.25) is 11.8 Å². The summed E-state index contributed by atoms with van der Waals surface area (Å²) in [6.07, 6.45) is 6.44. The van der Waals surface area contributed by atoms with Gasteiger partial charge in [-0.25, -0.2) is 0 Å². The summed E-state index contributed by atoms with van der Waals surface area (Å²) in [5, 5.41) is 7.02. The summed E-state index contributed by atoms with van der Waals surface area (Å²) in [7, 11) is 0. The van der Waals surface area contributed by atoms with E-state index in [1.54, 1.807) is 36.4 Å². The first kappa shape index (κ1) is 23.3. The summed E-state index contributed by atoms with van der Waals surface area (Å²) >= 11 is 11.7. The Morgan fingerprint density at radius 2 is 1.06 bits per heavy atom. The Hall–Kier alpha value is -3.34. The van der Waals surface area contributed by atoms with E-state index in [2.05, 4.69) is 10.6 Å². The third-order valence-corrected chi connectivity index (χ3v) is 5.02. The summed E-state index contributed by atoms with van der Waals surface area (Å²) in [5.41, 5.74) is 3.68. The zero-order valence-corrected chi connectivity index (χ0v) is 18.7. The number of carbonyl (C=O) groups is 2. The van der Waals surface area contributed by atoms with Gasteiger partial charge in [0.05, 0.1) is 0 Å². The van der Waals surface area contributed by atoms with E-state index in [0.29, 0.717) is 23.1 Å². The maximum Gasteiger partial charge on any atom is 0.244 e. The van der Waals surface area contributed by atoms with Gasteiger partial charge in [0.15, 0.2) is 0 Å². The van der Waals surface area contributed by atoms with Crippen LogP contribution in [0.4, 0.5) is 0 Å².